The van der Waals surface area contributed by atoms with Crippen molar-refractivity contribution in [2.24, 2.45) is 0 Å². The van der Waals surface area contributed by atoms with Crippen LogP contribution in [0.3, 0.4) is 0 Å². The Kier molecular flexibility index (Phi) is 6.73. The summed E-state index contributed by atoms with van der Waals surface area (Å²) in [6.07, 6.45) is -0.843. The summed E-state index contributed by atoms with van der Waals surface area (Å²) in [5.74, 6) is -1.09. The number of carbonyl (C=O) groups is 3. The number of anilines is 1. The molecule has 0 aliphatic heterocycles. The molecule has 2 rings (SSSR count). The molecule has 0 bridgehead atoms. The van der Waals surface area contributed by atoms with Gasteiger partial charge in [-0.1, -0.05) is 18.2 Å². The highest BCUT2D eigenvalue weighted by Gasteiger charge is 2.17. The highest BCUT2D eigenvalue weighted by molar-refractivity contribution is 5.94. The number of hydrogen-bond acceptors (Lipinski definition) is 6. The first-order chi connectivity index (χ1) is 12.5. The molecule has 0 saturated heterocycles. The van der Waals surface area contributed by atoms with Crippen LogP contribution in [0, 0.1) is 0 Å². The molecule has 0 heterocycles. The van der Waals surface area contributed by atoms with Crippen LogP contribution in [-0.2, 0) is 19.1 Å². The predicted octanol–water partition coefficient (Wildman–Crippen LogP) is 2.42. The zero-order chi connectivity index (χ0) is 18.9. The van der Waals surface area contributed by atoms with E-state index in [2.05, 4.69) is 10.1 Å². The second-order valence-electron chi connectivity index (χ2n) is 5.30. The van der Waals surface area contributed by atoms with Gasteiger partial charge in [0.15, 0.2) is 12.7 Å². The number of para-hydroxylation sites is 1. The number of benzene rings is 2. The molecule has 1 unspecified atom stereocenters. The maximum Gasteiger partial charge on any atom is 0.347 e. The van der Waals surface area contributed by atoms with Crippen LogP contribution in [0.1, 0.15) is 17.3 Å². The molecule has 0 fully saturated rings. The lowest BCUT2D eigenvalue weighted by molar-refractivity contribution is -0.153. The zero-order valence-corrected chi connectivity index (χ0v) is 14.4. The van der Waals surface area contributed by atoms with E-state index in [1.54, 1.807) is 43.3 Å². The van der Waals surface area contributed by atoms with Crippen molar-refractivity contribution in [3.8, 4) is 5.75 Å². The summed E-state index contributed by atoms with van der Waals surface area (Å²) in [7, 11) is 1.29. The molecule has 0 saturated carbocycles. The smallest absolute Gasteiger partial charge is 0.347 e. The first-order valence-corrected chi connectivity index (χ1v) is 7.86. The molecule has 0 aromatic heterocycles. The van der Waals surface area contributed by atoms with Gasteiger partial charge < -0.3 is 19.5 Å². The number of amides is 1. The average Bonchev–Trinajstić information content (AvgIpc) is 2.66. The van der Waals surface area contributed by atoms with E-state index in [4.69, 9.17) is 9.47 Å². The summed E-state index contributed by atoms with van der Waals surface area (Å²) in [5.41, 5.74) is 0.830. The van der Waals surface area contributed by atoms with Gasteiger partial charge in [-0.05, 0) is 43.3 Å². The van der Waals surface area contributed by atoms with Crippen LogP contribution in [-0.4, -0.2) is 37.7 Å². The SMILES string of the molecule is COC(=O)c1ccc(NC(=O)COC(=O)C(C)Oc2ccccc2)cc1. The molecule has 0 aliphatic carbocycles. The third-order valence-corrected chi connectivity index (χ3v) is 3.32. The minimum Gasteiger partial charge on any atom is -0.479 e. The van der Waals surface area contributed by atoms with Gasteiger partial charge in [0.1, 0.15) is 5.75 Å². The molecule has 0 radical (unpaired) electrons. The van der Waals surface area contributed by atoms with E-state index < -0.39 is 30.6 Å². The van der Waals surface area contributed by atoms with Gasteiger partial charge in [0.2, 0.25) is 0 Å². The standard InChI is InChI=1S/C19H19NO6/c1-13(26-16-6-4-3-5-7-16)18(22)25-12-17(21)20-15-10-8-14(9-11-15)19(23)24-2/h3-11,13H,12H2,1-2H3,(H,20,21). The largest absolute Gasteiger partial charge is 0.479 e. The van der Waals surface area contributed by atoms with Crippen molar-refractivity contribution in [3.63, 3.8) is 0 Å². The van der Waals surface area contributed by atoms with Crippen molar-refractivity contribution in [2.45, 2.75) is 13.0 Å². The molecule has 1 atom stereocenters. The van der Waals surface area contributed by atoms with Crippen molar-refractivity contribution in [2.75, 3.05) is 19.0 Å². The van der Waals surface area contributed by atoms with Gasteiger partial charge in [0, 0.05) is 5.69 Å². The summed E-state index contributed by atoms with van der Waals surface area (Å²) in [6.45, 7) is 1.10. The molecule has 0 spiro atoms. The number of rotatable bonds is 7. The van der Waals surface area contributed by atoms with Crippen LogP contribution >= 0.6 is 0 Å². The fourth-order valence-corrected chi connectivity index (χ4v) is 2.01. The molecule has 2 aromatic rings. The highest BCUT2D eigenvalue weighted by atomic mass is 16.6. The van der Waals surface area contributed by atoms with E-state index in [1.807, 2.05) is 6.07 Å². The van der Waals surface area contributed by atoms with Crippen molar-refractivity contribution < 1.29 is 28.6 Å². The van der Waals surface area contributed by atoms with Crippen LogP contribution in [0.4, 0.5) is 5.69 Å². The topological polar surface area (TPSA) is 90.9 Å². The van der Waals surface area contributed by atoms with E-state index in [9.17, 15) is 14.4 Å². The fourth-order valence-electron chi connectivity index (χ4n) is 2.01. The molecular weight excluding hydrogens is 338 g/mol. The zero-order valence-electron chi connectivity index (χ0n) is 14.4. The number of hydrogen-bond donors (Lipinski definition) is 1. The molecule has 7 nitrogen and oxygen atoms in total. The van der Waals surface area contributed by atoms with Gasteiger partial charge in [-0.15, -0.1) is 0 Å². The third kappa shape index (κ3) is 5.62. The monoisotopic (exact) mass is 357 g/mol. The lowest BCUT2D eigenvalue weighted by Gasteiger charge is -2.13. The highest BCUT2D eigenvalue weighted by Crippen LogP contribution is 2.12. The number of carbonyl (C=O) groups excluding carboxylic acids is 3. The number of esters is 2. The van der Waals surface area contributed by atoms with Crippen LogP contribution in [0.25, 0.3) is 0 Å². The Bertz CT molecular complexity index is 757. The second kappa shape index (κ2) is 9.22. The van der Waals surface area contributed by atoms with Gasteiger partial charge in [-0.2, -0.15) is 0 Å². The molecule has 2 aromatic carbocycles. The van der Waals surface area contributed by atoms with Gasteiger partial charge in [0.05, 0.1) is 12.7 Å². The van der Waals surface area contributed by atoms with Gasteiger partial charge in [-0.25, -0.2) is 9.59 Å². The lowest BCUT2D eigenvalue weighted by atomic mass is 10.2. The van der Waals surface area contributed by atoms with Crippen molar-refractivity contribution in [3.05, 3.63) is 60.2 Å². The molecular formula is C19H19NO6. The Labute approximate surface area is 150 Å². The molecule has 0 aliphatic rings. The molecule has 1 amide bonds. The molecule has 136 valence electrons. The van der Waals surface area contributed by atoms with Gasteiger partial charge >= 0.3 is 11.9 Å². The molecule has 1 N–H and O–H groups in total. The van der Waals surface area contributed by atoms with Crippen LogP contribution in [0.2, 0.25) is 0 Å². The Morgan fingerprint density at radius 1 is 1.00 bits per heavy atom. The van der Waals surface area contributed by atoms with Gasteiger partial charge in [-0.3, -0.25) is 4.79 Å². The summed E-state index contributed by atoms with van der Waals surface area (Å²) in [4.78, 5) is 35.1. The number of nitrogens with one attached hydrogen (secondary N) is 1. The molecule has 26 heavy (non-hydrogen) atoms. The molecule has 7 heteroatoms. The van der Waals surface area contributed by atoms with Crippen LogP contribution in [0.15, 0.2) is 54.6 Å². The van der Waals surface area contributed by atoms with E-state index in [0.717, 1.165) is 0 Å². The Hall–Kier alpha value is -3.35. The summed E-state index contributed by atoms with van der Waals surface area (Å²) in [5, 5.41) is 2.56. The minimum atomic E-state index is -0.843. The Morgan fingerprint density at radius 2 is 1.65 bits per heavy atom. The number of methoxy groups -OCH3 is 1. The van der Waals surface area contributed by atoms with Crippen molar-refractivity contribution in [1.29, 1.82) is 0 Å². The summed E-state index contributed by atoms with van der Waals surface area (Å²) in [6, 6.07) is 15.0. The second-order valence-corrected chi connectivity index (χ2v) is 5.30. The minimum absolute atomic E-state index is 0.365. The normalized spacial score (nSPS) is 11.2. The van der Waals surface area contributed by atoms with E-state index >= 15 is 0 Å². The van der Waals surface area contributed by atoms with Crippen molar-refractivity contribution in [1.82, 2.24) is 0 Å². The van der Waals surface area contributed by atoms with Crippen molar-refractivity contribution >= 4 is 23.5 Å². The maximum absolute atomic E-state index is 11.9. The summed E-state index contributed by atoms with van der Waals surface area (Å²) >= 11 is 0. The first-order valence-electron chi connectivity index (χ1n) is 7.86. The fraction of sp³-hybridized carbons (Fsp3) is 0.211. The van der Waals surface area contributed by atoms with Crippen LogP contribution < -0.4 is 10.1 Å². The third-order valence-electron chi connectivity index (χ3n) is 3.32. The quantitative estimate of drug-likeness (QED) is 0.765. The van der Waals surface area contributed by atoms with Gasteiger partial charge in [0.25, 0.3) is 5.91 Å². The predicted molar refractivity (Wildman–Crippen MR) is 93.9 cm³/mol. The van der Waals surface area contributed by atoms with Crippen LogP contribution in [0.5, 0.6) is 5.75 Å². The Balaban J connectivity index is 1.78. The lowest BCUT2D eigenvalue weighted by Crippen LogP contribution is -2.29. The van der Waals surface area contributed by atoms with E-state index in [-0.39, 0.29) is 0 Å². The summed E-state index contributed by atoms with van der Waals surface area (Å²) < 4.78 is 15.0. The first kappa shape index (κ1) is 19.0. The maximum atomic E-state index is 11.9. The number of ether oxygens (including phenoxy) is 3. The average molecular weight is 357 g/mol. The van der Waals surface area contributed by atoms with E-state index in [1.165, 1.54) is 19.2 Å². The Morgan fingerprint density at radius 3 is 2.27 bits per heavy atom. The van der Waals surface area contributed by atoms with E-state index in [0.29, 0.717) is 17.0 Å².